The number of amides is 1. The van der Waals surface area contributed by atoms with E-state index in [1.807, 2.05) is 0 Å². The zero-order valence-corrected chi connectivity index (χ0v) is 13.7. The summed E-state index contributed by atoms with van der Waals surface area (Å²) >= 11 is 0. The summed E-state index contributed by atoms with van der Waals surface area (Å²) in [4.78, 5) is 24.1. The SMILES string of the molecule is CCOC(=O)c1ccccc1NC(=O)CNc1ccc2c(c1)OCO2. The second-order valence-electron chi connectivity index (χ2n) is 5.24. The van der Waals surface area contributed by atoms with E-state index in [2.05, 4.69) is 10.6 Å². The molecule has 0 unspecified atom stereocenters. The monoisotopic (exact) mass is 342 g/mol. The van der Waals surface area contributed by atoms with Gasteiger partial charge in [0.05, 0.1) is 24.4 Å². The highest BCUT2D eigenvalue weighted by Gasteiger charge is 2.15. The number of rotatable bonds is 6. The van der Waals surface area contributed by atoms with Gasteiger partial charge in [0, 0.05) is 11.8 Å². The van der Waals surface area contributed by atoms with E-state index in [4.69, 9.17) is 14.2 Å². The molecule has 0 saturated heterocycles. The second kappa shape index (κ2) is 7.57. The van der Waals surface area contributed by atoms with Crippen LogP contribution in [-0.4, -0.2) is 31.8 Å². The summed E-state index contributed by atoms with van der Waals surface area (Å²) in [5.74, 6) is 0.563. The van der Waals surface area contributed by atoms with Crippen LogP contribution in [0.15, 0.2) is 42.5 Å². The van der Waals surface area contributed by atoms with Crippen LogP contribution in [0.2, 0.25) is 0 Å². The first-order valence-corrected chi connectivity index (χ1v) is 7.87. The third kappa shape index (κ3) is 4.00. The summed E-state index contributed by atoms with van der Waals surface area (Å²) in [5.41, 5.74) is 1.47. The molecule has 2 aromatic carbocycles. The number of carbonyl (C=O) groups excluding carboxylic acids is 2. The molecule has 7 nitrogen and oxygen atoms in total. The number of anilines is 2. The van der Waals surface area contributed by atoms with Crippen molar-refractivity contribution < 1.29 is 23.8 Å². The van der Waals surface area contributed by atoms with Gasteiger partial charge in [-0.3, -0.25) is 4.79 Å². The predicted molar refractivity (Wildman–Crippen MR) is 92.1 cm³/mol. The summed E-state index contributed by atoms with van der Waals surface area (Å²) in [5, 5.41) is 5.72. The van der Waals surface area contributed by atoms with E-state index in [1.54, 1.807) is 49.4 Å². The third-order valence-electron chi connectivity index (χ3n) is 3.52. The smallest absolute Gasteiger partial charge is 0.340 e. The number of para-hydroxylation sites is 1. The van der Waals surface area contributed by atoms with Crippen molar-refractivity contribution >= 4 is 23.3 Å². The van der Waals surface area contributed by atoms with Gasteiger partial charge in [0.15, 0.2) is 11.5 Å². The highest BCUT2D eigenvalue weighted by atomic mass is 16.7. The van der Waals surface area contributed by atoms with E-state index in [1.165, 1.54) is 0 Å². The average Bonchev–Trinajstić information content (AvgIpc) is 3.08. The molecule has 0 atom stereocenters. The first kappa shape index (κ1) is 16.6. The number of nitrogens with one attached hydrogen (secondary N) is 2. The normalized spacial score (nSPS) is 11.7. The minimum Gasteiger partial charge on any atom is -0.462 e. The first-order valence-electron chi connectivity index (χ1n) is 7.87. The lowest BCUT2D eigenvalue weighted by Crippen LogP contribution is -2.23. The molecule has 1 heterocycles. The average molecular weight is 342 g/mol. The third-order valence-corrected chi connectivity index (χ3v) is 3.52. The minimum atomic E-state index is -0.470. The van der Waals surface area contributed by atoms with Crippen LogP contribution < -0.4 is 20.1 Å². The molecular weight excluding hydrogens is 324 g/mol. The first-order chi connectivity index (χ1) is 12.2. The highest BCUT2D eigenvalue weighted by Crippen LogP contribution is 2.34. The van der Waals surface area contributed by atoms with E-state index in [-0.39, 0.29) is 25.9 Å². The van der Waals surface area contributed by atoms with Crippen LogP contribution >= 0.6 is 0 Å². The molecule has 1 aliphatic heterocycles. The Balaban J connectivity index is 1.60. The van der Waals surface area contributed by atoms with Gasteiger partial charge in [-0.2, -0.15) is 0 Å². The Kier molecular flexibility index (Phi) is 5.03. The van der Waals surface area contributed by atoms with Gasteiger partial charge in [0.25, 0.3) is 0 Å². The molecule has 0 saturated carbocycles. The lowest BCUT2D eigenvalue weighted by molar-refractivity contribution is -0.114. The Morgan fingerprint density at radius 1 is 1.12 bits per heavy atom. The molecular formula is C18H18N2O5. The fourth-order valence-corrected chi connectivity index (χ4v) is 2.36. The molecule has 2 aromatic rings. The largest absolute Gasteiger partial charge is 0.462 e. The van der Waals surface area contributed by atoms with Crippen LogP contribution in [0.4, 0.5) is 11.4 Å². The van der Waals surface area contributed by atoms with Gasteiger partial charge in [0.2, 0.25) is 12.7 Å². The van der Waals surface area contributed by atoms with Crippen molar-refractivity contribution in [2.75, 3.05) is 30.6 Å². The Morgan fingerprint density at radius 2 is 1.92 bits per heavy atom. The van der Waals surface area contributed by atoms with Gasteiger partial charge in [-0.15, -0.1) is 0 Å². The molecule has 130 valence electrons. The Morgan fingerprint density at radius 3 is 2.76 bits per heavy atom. The topological polar surface area (TPSA) is 85.9 Å². The van der Waals surface area contributed by atoms with Crippen LogP contribution in [0, 0.1) is 0 Å². The van der Waals surface area contributed by atoms with Gasteiger partial charge >= 0.3 is 5.97 Å². The Labute approximate surface area is 144 Å². The lowest BCUT2D eigenvalue weighted by Gasteiger charge is -2.11. The fourth-order valence-electron chi connectivity index (χ4n) is 2.36. The molecule has 7 heteroatoms. The Bertz CT molecular complexity index is 791. The van der Waals surface area contributed by atoms with Gasteiger partial charge in [-0.05, 0) is 31.2 Å². The number of hydrogen-bond donors (Lipinski definition) is 2. The molecule has 25 heavy (non-hydrogen) atoms. The van der Waals surface area contributed by atoms with Gasteiger partial charge in [0.1, 0.15) is 0 Å². The maximum atomic E-state index is 12.2. The molecule has 0 spiro atoms. The van der Waals surface area contributed by atoms with Crippen LogP contribution in [0.25, 0.3) is 0 Å². The van der Waals surface area contributed by atoms with Crippen molar-refractivity contribution in [3.05, 3.63) is 48.0 Å². The fraction of sp³-hybridized carbons (Fsp3) is 0.222. The molecule has 0 aromatic heterocycles. The quantitative estimate of drug-likeness (QED) is 0.785. The van der Waals surface area contributed by atoms with Gasteiger partial charge < -0.3 is 24.8 Å². The number of carbonyl (C=O) groups is 2. The maximum absolute atomic E-state index is 12.2. The Hall–Kier alpha value is -3.22. The molecule has 1 aliphatic rings. The van der Waals surface area contributed by atoms with Crippen molar-refractivity contribution in [3.8, 4) is 11.5 Å². The van der Waals surface area contributed by atoms with Crippen LogP contribution in [-0.2, 0) is 9.53 Å². The number of hydrogen-bond acceptors (Lipinski definition) is 6. The number of esters is 1. The molecule has 0 aliphatic carbocycles. The number of fused-ring (bicyclic) bond motifs is 1. The molecule has 0 radical (unpaired) electrons. The summed E-state index contributed by atoms with van der Waals surface area (Å²) in [6.07, 6.45) is 0. The summed E-state index contributed by atoms with van der Waals surface area (Å²) < 4.78 is 15.5. The summed E-state index contributed by atoms with van der Waals surface area (Å²) in [7, 11) is 0. The van der Waals surface area contributed by atoms with Crippen molar-refractivity contribution in [1.29, 1.82) is 0 Å². The minimum absolute atomic E-state index is 0.0385. The van der Waals surface area contributed by atoms with E-state index in [0.29, 0.717) is 22.7 Å². The number of ether oxygens (including phenoxy) is 3. The van der Waals surface area contributed by atoms with E-state index < -0.39 is 5.97 Å². The number of benzene rings is 2. The summed E-state index contributed by atoms with van der Waals surface area (Å²) in [6.45, 7) is 2.24. The van der Waals surface area contributed by atoms with Crippen LogP contribution in [0.5, 0.6) is 11.5 Å². The van der Waals surface area contributed by atoms with Crippen molar-refractivity contribution in [3.63, 3.8) is 0 Å². The van der Waals surface area contributed by atoms with Gasteiger partial charge in [-0.1, -0.05) is 12.1 Å². The van der Waals surface area contributed by atoms with Crippen molar-refractivity contribution in [2.24, 2.45) is 0 Å². The highest BCUT2D eigenvalue weighted by molar-refractivity contribution is 6.02. The lowest BCUT2D eigenvalue weighted by atomic mass is 10.2. The predicted octanol–water partition coefficient (Wildman–Crippen LogP) is 2.64. The molecule has 1 amide bonds. The standard InChI is InChI=1S/C18H18N2O5/c1-2-23-18(22)13-5-3-4-6-14(13)20-17(21)10-19-12-7-8-15-16(9-12)25-11-24-15/h3-9,19H,2,10-11H2,1H3,(H,20,21). The van der Waals surface area contributed by atoms with E-state index in [9.17, 15) is 9.59 Å². The van der Waals surface area contributed by atoms with Crippen LogP contribution in [0.3, 0.4) is 0 Å². The second-order valence-corrected chi connectivity index (χ2v) is 5.24. The summed E-state index contributed by atoms with van der Waals surface area (Å²) in [6, 6.07) is 12.1. The maximum Gasteiger partial charge on any atom is 0.340 e. The molecule has 0 fully saturated rings. The zero-order chi connectivity index (χ0) is 17.6. The van der Waals surface area contributed by atoms with Crippen molar-refractivity contribution in [2.45, 2.75) is 6.92 Å². The van der Waals surface area contributed by atoms with E-state index >= 15 is 0 Å². The molecule has 2 N–H and O–H groups in total. The van der Waals surface area contributed by atoms with Gasteiger partial charge in [-0.25, -0.2) is 4.79 Å². The molecule has 3 rings (SSSR count). The van der Waals surface area contributed by atoms with E-state index in [0.717, 1.165) is 5.69 Å². The zero-order valence-electron chi connectivity index (χ0n) is 13.7. The van der Waals surface area contributed by atoms with Crippen molar-refractivity contribution in [1.82, 2.24) is 0 Å². The van der Waals surface area contributed by atoms with Crippen LogP contribution in [0.1, 0.15) is 17.3 Å². The molecule has 0 bridgehead atoms.